The molecular weight excluding hydrogens is 318 g/mol. The van der Waals surface area contributed by atoms with Crippen LogP contribution in [0.3, 0.4) is 0 Å². The molecule has 0 aromatic carbocycles. The standard InChI is InChI=1S/C8H7BrClN3O2S/c1-5(3-11)16(14,15)13-7-2-6(9)4-12-8(7)10/h2,4-5,13H,1H3. The minimum absolute atomic E-state index is 0.0249. The number of hydrogen-bond donors (Lipinski definition) is 1. The fourth-order valence-corrected chi connectivity index (χ4v) is 2.12. The van der Waals surface area contributed by atoms with Crippen LogP contribution < -0.4 is 4.72 Å². The number of halogens is 2. The highest BCUT2D eigenvalue weighted by Crippen LogP contribution is 2.24. The van der Waals surface area contributed by atoms with E-state index in [0.29, 0.717) is 4.47 Å². The molecule has 1 unspecified atom stereocenters. The summed E-state index contributed by atoms with van der Waals surface area (Å²) in [7, 11) is -3.76. The Kier molecular flexibility index (Phi) is 4.13. The molecule has 1 heterocycles. The average Bonchev–Trinajstić information content (AvgIpc) is 2.22. The second-order valence-electron chi connectivity index (χ2n) is 2.91. The number of rotatable bonds is 3. The first-order valence-corrected chi connectivity index (χ1v) is 6.81. The number of pyridine rings is 1. The number of hydrogen-bond acceptors (Lipinski definition) is 4. The fourth-order valence-electron chi connectivity index (χ4n) is 0.805. The van der Waals surface area contributed by atoms with Crippen molar-refractivity contribution in [1.82, 2.24) is 4.98 Å². The quantitative estimate of drug-likeness (QED) is 0.864. The highest BCUT2D eigenvalue weighted by atomic mass is 79.9. The van der Waals surface area contributed by atoms with Gasteiger partial charge in [0.05, 0.1) is 11.8 Å². The van der Waals surface area contributed by atoms with Crippen LogP contribution in [-0.4, -0.2) is 18.7 Å². The first-order chi connectivity index (χ1) is 7.36. The predicted octanol–water partition coefficient (Wildman–Crippen LogP) is 2.15. The summed E-state index contributed by atoms with van der Waals surface area (Å²) in [5.74, 6) is 0. The lowest BCUT2D eigenvalue weighted by Gasteiger charge is -2.10. The molecule has 0 aliphatic rings. The van der Waals surface area contributed by atoms with Crippen molar-refractivity contribution in [3.8, 4) is 6.07 Å². The highest BCUT2D eigenvalue weighted by molar-refractivity contribution is 9.10. The Balaban J connectivity index is 3.07. The van der Waals surface area contributed by atoms with Gasteiger partial charge >= 0.3 is 0 Å². The Morgan fingerprint density at radius 2 is 2.31 bits per heavy atom. The van der Waals surface area contributed by atoms with Crippen LogP contribution in [0.1, 0.15) is 6.92 Å². The summed E-state index contributed by atoms with van der Waals surface area (Å²) in [5, 5.41) is 7.41. The van der Waals surface area contributed by atoms with Crippen molar-refractivity contribution in [2.24, 2.45) is 0 Å². The van der Waals surface area contributed by atoms with Crippen molar-refractivity contribution in [2.75, 3.05) is 4.72 Å². The van der Waals surface area contributed by atoms with E-state index in [1.165, 1.54) is 19.2 Å². The maximum atomic E-state index is 11.6. The molecule has 5 nitrogen and oxygen atoms in total. The average molecular weight is 325 g/mol. The number of nitriles is 1. The Hall–Kier alpha value is -0.840. The molecule has 0 spiro atoms. The van der Waals surface area contributed by atoms with Crippen LogP contribution in [0.15, 0.2) is 16.7 Å². The first kappa shape index (κ1) is 13.2. The van der Waals surface area contributed by atoms with Gasteiger partial charge < -0.3 is 0 Å². The lowest BCUT2D eigenvalue weighted by molar-refractivity contribution is 0.597. The van der Waals surface area contributed by atoms with Gasteiger partial charge in [0.1, 0.15) is 0 Å². The molecule has 1 N–H and O–H groups in total. The van der Waals surface area contributed by atoms with Gasteiger partial charge in [-0.1, -0.05) is 11.6 Å². The van der Waals surface area contributed by atoms with E-state index in [1.54, 1.807) is 6.07 Å². The predicted molar refractivity (Wildman–Crippen MR) is 64.6 cm³/mol. The maximum absolute atomic E-state index is 11.6. The van der Waals surface area contributed by atoms with Gasteiger partial charge in [0.15, 0.2) is 10.4 Å². The van der Waals surface area contributed by atoms with E-state index in [0.717, 1.165) is 0 Å². The Bertz CT molecular complexity index is 541. The number of anilines is 1. The minimum atomic E-state index is -3.76. The zero-order chi connectivity index (χ0) is 12.3. The molecule has 0 amide bonds. The molecule has 0 aliphatic heterocycles. The van der Waals surface area contributed by atoms with Crippen LogP contribution in [0.5, 0.6) is 0 Å². The Labute approximate surface area is 107 Å². The van der Waals surface area contributed by atoms with Crippen molar-refractivity contribution in [3.05, 3.63) is 21.9 Å². The molecule has 86 valence electrons. The van der Waals surface area contributed by atoms with E-state index < -0.39 is 15.3 Å². The van der Waals surface area contributed by atoms with Crippen LogP contribution in [0, 0.1) is 11.3 Å². The summed E-state index contributed by atoms with van der Waals surface area (Å²) >= 11 is 8.85. The normalized spacial score (nSPS) is 12.9. The molecule has 8 heteroatoms. The van der Waals surface area contributed by atoms with E-state index in [9.17, 15) is 8.42 Å². The lowest BCUT2D eigenvalue weighted by atomic mass is 10.4. The zero-order valence-electron chi connectivity index (χ0n) is 8.11. The summed E-state index contributed by atoms with van der Waals surface area (Å²) in [5.41, 5.74) is 0.137. The molecule has 1 atom stereocenters. The van der Waals surface area contributed by atoms with Crippen LogP contribution >= 0.6 is 27.5 Å². The molecule has 1 aromatic rings. The summed E-state index contributed by atoms with van der Waals surface area (Å²) in [6.07, 6.45) is 1.44. The first-order valence-electron chi connectivity index (χ1n) is 4.09. The molecule has 1 aromatic heterocycles. The highest BCUT2D eigenvalue weighted by Gasteiger charge is 2.21. The van der Waals surface area contributed by atoms with Gasteiger partial charge in [-0.3, -0.25) is 4.72 Å². The van der Waals surface area contributed by atoms with Crippen LogP contribution in [0.25, 0.3) is 0 Å². The third-order valence-corrected chi connectivity index (χ3v) is 3.98. The minimum Gasteiger partial charge on any atom is -0.279 e. The van der Waals surface area contributed by atoms with E-state index in [4.69, 9.17) is 16.9 Å². The van der Waals surface area contributed by atoms with Gasteiger partial charge in [-0.15, -0.1) is 0 Å². The monoisotopic (exact) mass is 323 g/mol. The van der Waals surface area contributed by atoms with Gasteiger partial charge in [0, 0.05) is 10.7 Å². The molecular formula is C8H7BrClN3O2S. The van der Waals surface area contributed by atoms with Crippen LogP contribution in [0.2, 0.25) is 5.15 Å². The van der Waals surface area contributed by atoms with Gasteiger partial charge in [-0.25, -0.2) is 13.4 Å². The summed E-state index contributed by atoms with van der Waals surface area (Å²) < 4.78 is 25.9. The van der Waals surface area contributed by atoms with Crippen LogP contribution in [-0.2, 0) is 10.0 Å². The molecule has 0 saturated carbocycles. The number of nitrogens with zero attached hydrogens (tertiary/aromatic N) is 2. The third kappa shape index (κ3) is 3.07. The lowest BCUT2D eigenvalue weighted by Crippen LogP contribution is -2.24. The second-order valence-corrected chi connectivity index (χ2v) is 6.19. The molecule has 0 saturated heterocycles. The summed E-state index contributed by atoms with van der Waals surface area (Å²) in [6, 6.07) is 3.10. The van der Waals surface area contributed by atoms with E-state index in [1.807, 2.05) is 0 Å². The molecule has 0 bridgehead atoms. The Morgan fingerprint density at radius 1 is 1.69 bits per heavy atom. The van der Waals surface area contributed by atoms with Gasteiger partial charge in [-0.05, 0) is 28.9 Å². The van der Waals surface area contributed by atoms with Gasteiger partial charge in [0.2, 0.25) is 10.0 Å². The smallest absolute Gasteiger partial charge is 0.248 e. The van der Waals surface area contributed by atoms with Crippen molar-refractivity contribution < 1.29 is 8.42 Å². The largest absolute Gasteiger partial charge is 0.279 e. The topological polar surface area (TPSA) is 82.8 Å². The number of sulfonamides is 1. The van der Waals surface area contributed by atoms with Crippen molar-refractivity contribution in [2.45, 2.75) is 12.2 Å². The zero-order valence-corrected chi connectivity index (χ0v) is 11.3. The van der Waals surface area contributed by atoms with Crippen molar-refractivity contribution in [3.63, 3.8) is 0 Å². The Morgan fingerprint density at radius 3 is 2.88 bits per heavy atom. The van der Waals surface area contributed by atoms with Crippen molar-refractivity contribution >= 4 is 43.2 Å². The molecule has 1 rings (SSSR count). The summed E-state index contributed by atoms with van der Waals surface area (Å²) in [4.78, 5) is 3.76. The number of aromatic nitrogens is 1. The maximum Gasteiger partial charge on any atom is 0.248 e. The molecule has 0 aliphatic carbocycles. The van der Waals surface area contributed by atoms with Gasteiger partial charge in [-0.2, -0.15) is 5.26 Å². The molecule has 16 heavy (non-hydrogen) atoms. The van der Waals surface area contributed by atoms with E-state index >= 15 is 0 Å². The fraction of sp³-hybridized carbons (Fsp3) is 0.250. The van der Waals surface area contributed by atoms with Crippen molar-refractivity contribution in [1.29, 1.82) is 5.26 Å². The molecule has 0 radical (unpaired) electrons. The SMILES string of the molecule is CC(C#N)S(=O)(=O)Nc1cc(Br)cnc1Cl. The number of nitrogens with one attached hydrogen (secondary N) is 1. The van der Waals surface area contributed by atoms with E-state index in [2.05, 4.69) is 25.6 Å². The third-order valence-electron chi connectivity index (χ3n) is 1.71. The van der Waals surface area contributed by atoms with Gasteiger partial charge in [0.25, 0.3) is 0 Å². The second kappa shape index (κ2) is 4.99. The van der Waals surface area contributed by atoms with Crippen LogP contribution in [0.4, 0.5) is 5.69 Å². The van der Waals surface area contributed by atoms with E-state index in [-0.39, 0.29) is 10.8 Å². The molecule has 0 fully saturated rings. The summed E-state index contributed by atoms with van der Waals surface area (Å²) in [6.45, 7) is 1.28.